The van der Waals surface area contributed by atoms with Gasteiger partial charge in [0, 0.05) is 31.1 Å². The van der Waals surface area contributed by atoms with Crippen LogP contribution in [0.15, 0.2) is 24.5 Å². The third-order valence-corrected chi connectivity index (χ3v) is 9.30. The summed E-state index contributed by atoms with van der Waals surface area (Å²) in [6.45, 7) is 9.20. The summed E-state index contributed by atoms with van der Waals surface area (Å²) in [7, 11) is -4.26. The van der Waals surface area contributed by atoms with E-state index in [1.165, 1.54) is 89.0 Å². The number of hydrogen-bond donors (Lipinski definition) is 0. The molecule has 0 spiro atoms. The molecule has 0 bridgehead atoms. The highest BCUT2D eigenvalue weighted by Crippen LogP contribution is 2.39. The van der Waals surface area contributed by atoms with E-state index in [0.29, 0.717) is 6.61 Å². The number of aryl methyl sites for hydroxylation is 2. The predicted molar refractivity (Wildman–Crippen MR) is 178 cm³/mol. The molecule has 2 unspecified atom stereocenters. The van der Waals surface area contributed by atoms with Crippen LogP contribution in [0.4, 0.5) is 0 Å². The molecule has 0 aromatic carbocycles. The fraction of sp³-hybridized carbons (Fsp3) is 0.861. The Bertz CT molecular complexity index is 775. The summed E-state index contributed by atoms with van der Waals surface area (Å²) >= 11 is 0. The van der Waals surface area contributed by atoms with Crippen LogP contribution in [0.2, 0.25) is 0 Å². The normalized spacial score (nSPS) is 13.8. The molecule has 1 rings (SSSR count). The monoisotopic (exact) mass is 625 g/mol. The van der Waals surface area contributed by atoms with E-state index in [9.17, 15) is 9.46 Å². The minimum absolute atomic E-state index is 0.0820. The van der Waals surface area contributed by atoms with Crippen molar-refractivity contribution in [2.24, 2.45) is 5.92 Å². The number of rotatable bonds is 32. The van der Waals surface area contributed by atoms with Crippen molar-refractivity contribution < 1.29 is 27.8 Å². The van der Waals surface area contributed by atoms with Gasteiger partial charge in [-0.1, -0.05) is 124 Å². The Morgan fingerprint density at radius 2 is 1.16 bits per heavy atom. The van der Waals surface area contributed by atoms with Gasteiger partial charge < -0.3 is 18.7 Å². The van der Waals surface area contributed by atoms with Gasteiger partial charge in [0.2, 0.25) is 0 Å². The van der Waals surface area contributed by atoms with E-state index in [0.717, 1.165) is 70.9 Å². The molecule has 7 heteroatoms. The van der Waals surface area contributed by atoms with Gasteiger partial charge >= 0.3 is 0 Å². The molecule has 43 heavy (non-hydrogen) atoms. The summed E-state index contributed by atoms with van der Waals surface area (Å²) in [5, 5.41) is 0. The minimum atomic E-state index is -4.26. The molecular weight excluding hydrogens is 557 g/mol. The first-order valence-electron chi connectivity index (χ1n) is 18.2. The van der Waals surface area contributed by atoms with Crippen LogP contribution in [0.3, 0.4) is 0 Å². The molecule has 1 aromatic heterocycles. The molecule has 0 aliphatic carbocycles. The van der Waals surface area contributed by atoms with Gasteiger partial charge in [0.15, 0.2) is 12.4 Å². The Morgan fingerprint density at radius 1 is 0.651 bits per heavy atom. The first-order chi connectivity index (χ1) is 21.0. The second-order valence-corrected chi connectivity index (χ2v) is 13.9. The van der Waals surface area contributed by atoms with Crippen molar-refractivity contribution >= 4 is 7.82 Å². The molecule has 6 nitrogen and oxygen atoms in total. The third kappa shape index (κ3) is 25.1. The van der Waals surface area contributed by atoms with Crippen LogP contribution in [0.25, 0.3) is 0 Å². The Kier molecular flexibility index (Phi) is 26.8. The van der Waals surface area contributed by atoms with Crippen LogP contribution >= 0.6 is 7.82 Å². The highest BCUT2D eigenvalue weighted by molar-refractivity contribution is 7.45. The van der Waals surface area contributed by atoms with Crippen molar-refractivity contribution in [3.63, 3.8) is 0 Å². The Balaban J connectivity index is 1.97. The largest absolute Gasteiger partial charge is 0.756 e. The van der Waals surface area contributed by atoms with Crippen molar-refractivity contribution in [3.05, 3.63) is 30.1 Å². The van der Waals surface area contributed by atoms with Crippen LogP contribution in [0, 0.1) is 5.92 Å². The van der Waals surface area contributed by atoms with Gasteiger partial charge in [-0.15, -0.1) is 0 Å². The molecule has 0 fully saturated rings. The van der Waals surface area contributed by atoms with E-state index in [2.05, 4.69) is 49.9 Å². The van der Waals surface area contributed by atoms with Gasteiger partial charge in [-0.2, -0.15) is 0 Å². The molecule has 1 aromatic rings. The van der Waals surface area contributed by atoms with Crippen LogP contribution in [-0.4, -0.2) is 26.4 Å². The zero-order chi connectivity index (χ0) is 31.3. The number of pyridine rings is 1. The maximum Gasteiger partial charge on any atom is 0.267 e. The van der Waals surface area contributed by atoms with Crippen molar-refractivity contribution in [1.82, 2.24) is 0 Å². The van der Waals surface area contributed by atoms with Gasteiger partial charge in [0.1, 0.15) is 6.54 Å². The van der Waals surface area contributed by atoms with E-state index < -0.39 is 7.82 Å². The first-order valence-corrected chi connectivity index (χ1v) is 19.6. The zero-order valence-electron chi connectivity index (χ0n) is 28.4. The summed E-state index contributed by atoms with van der Waals surface area (Å²) in [5.41, 5.74) is 1.36. The molecule has 0 saturated heterocycles. The average Bonchev–Trinajstić information content (AvgIpc) is 3.01. The maximum absolute atomic E-state index is 12.2. The summed E-state index contributed by atoms with van der Waals surface area (Å²) in [6.07, 6.45) is 31.1. The molecule has 0 saturated carbocycles. The lowest BCUT2D eigenvalue weighted by atomic mass is 10.0. The second-order valence-electron chi connectivity index (χ2n) is 12.5. The summed E-state index contributed by atoms with van der Waals surface area (Å²) in [5.74, 6) is 0.0820. The SMILES string of the molecule is CCCCCCCCCCCCCCCCOCC(CCC)COP(=O)([O-])OCCCCCCC[n+]1ccc(CC)cc1. The molecule has 0 radical (unpaired) electrons. The van der Waals surface area contributed by atoms with Crippen LogP contribution in [-0.2, 0) is 31.3 Å². The summed E-state index contributed by atoms with van der Waals surface area (Å²) in [4.78, 5) is 12.2. The molecule has 252 valence electrons. The van der Waals surface area contributed by atoms with Gasteiger partial charge in [-0.3, -0.25) is 4.57 Å². The fourth-order valence-electron chi connectivity index (χ4n) is 5.48. The third-order valence-electron chi connectivity index (χ3n) is 8.34. The number of phosphoric ester groups is 1. The minimum Gasteiger partial charge on any atom is -0.756 e. The fourth-order valence-corrected chi connectivity index (χ4v) is 6.30. The molecule has 0 amide bonds. The smallest absolute Gasteiger partial charge is 0.267 e. The number of phosphoric acid groups is 1. The van der Waals surface area contributed by atoms with Gasteiger partial charge in [0.05, 0.1) is 19.8 Å². The highest BCUT2D eigenvalue weighted by atomic mass is 31.2. The number of unbranched alkanes of at least 4 members (excludes halogenated alkanes) is 17. The Morgan fingerprint density at radius 3 is 1.70 bits per heavy atom. The first kappa shape index (κ1) is 40.2. The van der Waals surface area contributed by atoms with Crippen molar-refractivity contribution in [2.75, 3.05) is 26.4 Å². The van der Waals surface area contributed by atoms with Crippen molar-refractivity contribution in [3.8, 4) is 0 Å². The van der Waals surface area contributed by atoms with E-state index in [-0.39, 0.29) is 19.1 Å². The van der Waals surface area contributed by atoms with Gasteiger partial charge in [-0.05, 0) is 37.7 Å². The molecular formula is C36H68NO5P. The van der Waals surface area contributed by atoms with Crippen molar-refractivity contribution in [2.45, 2.75) is 169 Å². The van der Waals surface area contributed by atoms with E-state index >= 15 is 0 Å². The Labute approximate surface area is 266 Å². The number of ether oxygens (including phenoxy) is 1. The van der Waals surface area contributed by atoms with Crippen LogP contribution in [0.1, 0.15) is 161 Å². The van der Waals surface area contributed by atoms with Crippen molar-refractivity contribution in [1.29, 1.82) is 0 Å². The van der Waals surface area contributed by atoms with E-state index in [1.807, 2.05) is 0 Å². The van der Waals surface area contributed by atoms with Gasteiger partial charge in [0.25, 0.3) is 7.82 Å². The molecule has 0 aliphatic heterocycles. The molecule has 0 aliphatic rings. The van der Waals surface area contributed by atoms with E-state index in [4.69, 9.17) is 13.8 Å². The van der Waals surface area contributed by atoms with Crippen LogP contribution in [0.5, 0.6) is 0 Å². The molecule has 2 atom stereocenters. The number of nitrogens with zero attached hydrogens (tertiary/aromatic N) is 1. The number of aromatic nitrogens is 1. The standard InChI is InChI=1S/C36H68NO5P/c1-4-7-8-9-10-11-12-13-14-15-16-17-20-23-31-40-33-36(25-5-2)34-42-43(38,39)41-32-24-21-18-19-22-28-37-29-26-35(6-3)27-30-37/h26-27,29-30,36H,4-25,28,31-34H2,1-3H3. The molecule has 0 N–H and O–H groups in total. The lowest BCUT2D eigenvalue weighted by Gasteiger charge is -2.25. The Hall–Kier alpha value is -0.780. The second kappa shape index (κ2) is 28.7. The predicted octanol–water partition coefficient (Wildman–Crippen LogP) is 9.90. The zero-order valence-corrected chi connectivity index (χ0v) is 29.3. The maximum atomic E-state index is 12.2. The lowest BCUT2D eigenvalue weighted by Crippen LogP contribution is -2.32. The molecule has 1 heterocycles. The van der Waals surface area contributed by atoms with Crippen LogP contribution < -0.4 is 9.46 Å². The van der Waals surface area contributed by atoms with E-state index in [1.54, 1.807) is 0 Å². The summed E-state index contributed by atoms with van der Waals surface area (Å²) in [6, 6.07) is 4.36. The van der Waals surface area contributed by atoms with Gasteiger partial charge in [-0.25, -0.2) is 4.57 Å². The highest BCUT2D eigenvalue weighted by Gasteiger charge is 2.15. The quantitative estimate of drug-likeness (QED) is 0.0453. The lowest BCUT2D eigenvalue weighted by molar-refractivity contribution is -0.697. The summed E-state index contributed by atoms with van der Waals surface area (Å²) < 4.78 is 30.7. The topological polar surface area (TPSA) is 71.7 Å². The average molecular weight is 626 g/mol. The number of hydrogen-bond acceptors (Lipinski definition) is 5.